The van der Waals surface area contributed by atoms with E-state index < -0.39 is 10.3 Å². The molecule has 4 nitrogen and oxygen atoms in total. The number of benzene rings is 1. The molecule has 50 heavy (non-hydrogen) atoms. The second-order valence-electron chi connectivity index (χ2n) is 18.4. The van der Waals surface area contributed by atoms with E-state index in [9.17, 15) is 9.59 Å². The molecule has 0 N–H and O–H groups in total. The van der Waals surface area contributed by atoms with E-state index in [1.165, 1.54) is 63.2 Å². The van der Waals surface area contributed by atoms with E-state index in [0.717, 1.165) is 19.3 Å². The fourth-order valence-corrected chi connectivity index (χ4v) is 12.8. The van der Waals surface area contributed by atoms with Crippen LogP contribution in [-0.4, -0.2) is 36.3 Å². The van der Waals surface area contributed by atoms with Crippen molar-refractivity contribution in [2.75, 3.05) is 19.6 Å². The van der Waals surface area contributed by atoms with Crippen LogP contribution in [0.2, 0.25) is 0 Å². The summed E-state index contributed by atoms with van der Waals surface area (Å²) in [5.41, 5.74) is 3.67. The van der Waals surface area contributed by atoms with Crippen LogP contribution in [0.25, 0.3) is 5.57 Å². The molecule has 282 valence electrons. The number of rotatable bonds is 4. The number of carbonyl (C=O) groups excluding carboxylic acids is 2. The Hall–Kier alpha value is -2.01. The number of esters is 1. The number of ether oxygens (including phenoxy) is 1. The fraction of sp³-hybridized carbons (Fsp3) is 0.733. The van der Waals surface area contributed by atoms with Crippen LogP contribution in [0.3, 0.4) is 0 Å². The van der Waals surface area contributed by atoms with E-state index in [0.29, 0.717) is 40.6 Å². The van der Waals surface area contributed by atoms with Crippen molar-refractivity contribution in [3.63, 3.8) is 0 Å². The van der Waals surface area contributed by atoms with Crippen LogP contribution in [-0.2, 0) is 13.7 Å². The highest BCUT2D eigenvalue weighted by Crippen LogP contribution is 2.73. The molecule has 6 rings (SSSR count). The van der Waals surface area contributed by atoms with Crippen LogP contribution >= 0.6 is 10.3 Å². The minimum atomic E-state index is -1.49. The molecule has 0 bridgehead atoms. The monoisotopic (exact) mass is 709 g/mol. The second-order valence-corrected chi connectivity index (χ2v) is 22.3. The van der Waals surface area contributed by atoms with Crippen molar-refractivity contribution in [1.82, 2.24) is 0 Å². The Morgan fingerprint density at radius 1 is 0.860 bits per heavy atom. The molecule has 5 aliphatic carbocycles. The Labute approximate surface area is 308 Å². The van der Waals surface area contributed by atoms with Crippen LogP contribution < -0.4 is 0 Å². The highest BCUT2D eigenvalue weighted by Gasteiger charge is 2.67. The summed E-state index contributed by atoms with van der Waals surface area (Å²) >= 11 is 0. The highest BCUT2D eigenvalue weighted by molar-refractivity contribution is 8.30. The van der Waals surface area contributed by atoms with Crippen molar-refractivity contribution in [1.29, 1.82) is 0 Å². The van der Waals surface area contributed by atoms with Crippen molar-refractivity contribution in [3.8, 4) is 0 Å². The molecule has 0 saturated heterocycles. The molecule has 5 aliphatic rings. The molecule has 0 spiro atoms. The van der Waals surface area contributed by atoms with Crippen LogP contribution in [0, 0.1) is 51.2 Å². The maximum absolute atomic E-state index is 14.2. The van der Waals surface area contributed by atoms with Gasteiger partial charge in [0.1, 0.15) is 0 Å². The third kappa shape index (κ3) is 6.69. The number of methoxy groups -OCH3 is 1. The lowest BCUT2D eigenvalue weighted by atomic mass is 9.36. The summed E-state index contributed by atoms with van der Waals surface area (Å²) in [5.74, 6) is 3.04. The van der Waals surface area contributed by atoms with Crippen molar-refractivity contribution in [2.45, 2.75) is 138 Å². The molecule has 4 saturated carbocycles. The van der Waals surface area contributed by atoms with Gasteiger partial charge in [-0.25, -0.2) is 4.79 Å². The lowest BCUT2D eigenvalue weighted by molar-refractivity contribution is -0.186. The van der Waals surface area contributed by atoms with Gasteiger partial charge in [0.05, 0.1) is 18.1 Å². The smallest absolute Gasteiger partial charge is 0.337 e. The molecule has 0 aliphatic heterocycles. The van der Waals surface area contributed by atoms with E-state index in [2.05, 4.69) is 85.8 Å². The zero-order valence-corrected chi connectivity index (χ0v) is 35.0. The molecule has 0 aromatic heterocycles. The number of carbonyl (C=O) groups is 2. The SMILES string of the molecule is C=CC.CC.COC(=O)c1ccc(C2=CCC3(C)C(CCC4(C)C5CCC6(C(=O)OS(C)(C)C(C)(C)C)CCCC6C5CCC43)C2(C)C)cc1. The summed E-state index contributed by atoms with van der Waals surface area (Å²) in [6.07, 6.45) is 20.5. The van der Waals surface area contributed by atoms with Crippen LogP contribution in [0.1, 0.15) is 149 Å². The lowest BCUT2D eigenvalue weighted by Gasteiger charge is -2.68. The topological polar surface area (TPSA) is 52.6 Å². The van der Waals surface area contributed by atoms with Gasteiger partial charge in [-0.3, -0.25) is 4.79 Å². The molecular weight excluding hydrogens is 637 g/mol. The molecule has 8 unspecified atom stereocenters. The average Bonchev–Trinajstić information content (AvgIpc) is 3.51. The number of hydrogen-bond donors (Lipinski definition) is 0. The summed E-state index contributed by atoms with van der Waals surface area (Å²) in [6, 6.07) is 8.06. The molecule has 4 fully saturated rings. The average molecular weight is 709 g/mol. The molecule has 8 atom stereocenters. The first-order valence-corrected chi connectivity index (χ1v) is 22.1. The van der Waals surface area contributed by atoms with Gasteiger partial charge in [0.25, 0.3) is 0 Å². The third-order valence-electron chi connectivity index (χ3n) is 14.9. The van der Waals surface area contributed by atoms with Gasteiger partial charge in [0, 0.05) is 4.75 Å². The quantitative estimate of drug-likeness (QED) is 0.231. The van der Waals surface area contributed by atoms with Crippen molar-refractivity contribution in [2.24, 2.45) is 51.2 Å². The molecule has 1 aromatic carbocycles. The maximum atomic E-state index is 14.2. The number of hydrogen-bond acceptors (Lipinski definition) is 4. The largest absolute Gasteiger partial charge is 0.465 e. The molecule has 0 heterocycles. The normalized spacial score (nSPS) is 35.8. The van der Waals surface area contributed by atoms with Crippen LogP contribution in [0.5, 0.6) is 0 Å². The van der Waals surface area contributed by atoms with Gasteiger partial charge in [-0.2, -0.15) is 0 Å². The van der Waals surface area contributed by atoms with Gasteiger partial charge >= 0.3 is 11.9 Å². The zero-order chi connectivity index (χ0) is 37.5. The van der Waals surface area contributed by atoms with Crippen molar-refractivity contribution < 1.29 is 18.5 Å². The summed E-state index contributed by atoms with van der Waals surface area (Å²) in [7, 11) is -0.0510. The highest BCUT2D eigenvalue weighted by atomic mass is 32.3. The predicted molar refractivity (Wildman–Crippen MR) is 214 cm³/mol. The van der Waals surface area contributed by atoms with Gasteiger partial charge in [0.2, 0.25) is 0 Å². The van der Waals surface area contributed by atoms with E-state index in [1.807, 2.05) is 32.9 Å². The van der Waals surface area contributed by atoms with Gasteiger partial charge in [-0.15, -0.1) is 6.58 Å². The summed E-state index contributed by atoms with van der Waals surface area (Å²) < 4.78 is 11.5. The summed E-state index contributed by atoms with van der Waals surface area (Å²) in [6.45, 7) is 26.2. The summed E-state index contributed by atoms with van der Waals surface area (Å²) in [4.78, 5) is 26.3. The Morgan fingerprint density at radius 3 is 2.06 bits per heavy atom. The minimum Gasteiger partial charge on any atom is -0.465 e. The Kier molecular flexibility index (Phi) is 12.1. The second kappa shape index (κ2) is 14.8. The Morgan fingerprint density at radius 2 is 1.48 bits per heavy atom. The van der Waals surface area contributed by atoms with E-state index in [4.69, 9.17) is 8.92 Å². The van der Waals surface area contributed by atoms with Gasteiger partial charge < -0.3 is 8.92 Å². The number of fused-ring (bicyclic) bond motifs is 7. The first-order valence-electron chi connectivity index (χ1n) is 19.8. The number of allylic oxidation sites excluding steroid dienone is 3. The van der Waals surface area contributed by atoms with Gasteiger partial charge in [0.15, 0.2) is 0 Å². The van der Waals surface area contributed by atoms with E-state index in [-0.39, 0.29) is 32.9 Å². The Balaban J connectivity index is 0.00000107. The third-order valence-corrected chi connectivity index (χ3v) is 18.4. The molecular formula is C45H72O4S. The van der Waals surface area contributed by atoms with Crippen molar-refractivity contribution in [3.05, 3.63) is 54.1 Å². The van der Waals surface area contributed by atoms with E-state index >= 15 is 0 Å². The maximum Gasteiger partial charge on any atom is 0.337 e. The molecule has 0 amide bonds. The van der Waals surface area contributed by atoms with Gasteiger partial charge in [-0.05, 0) is 167 Å². The zero-order valence-electron chi connectivity index (χ0n) is 34.2. The fourth-order valence-electron chi connectivity index (χ4n) is 12.0. The minimum absolute atomic E-state index is 0.0151. The molecule has 1 aromatic rings. The lowest BCUT2D eigenvalue weighted by Crippen LogP contribution is -2.61. The van der Waals surface area contributed by atoms with Gasteiger partial charge in [-0.1, -0.05) is 82.6 Å². The first-order chi connectivity index (χ1) is 23.3. The van der Waals surface area contributed by atoms with Crippen molar-refractivity contribution >= 4 is 27.8 Å². The first kappa shape index (κ1) is 40.8. The molecule has 0 radical (unpaired) electrons. The Bertz CT molecular complexity index is 1420. The van der Waals surface area contributed by atoms with Crippen LogP contribution in [0.15, 0.2) is 43.0 Å². The summed E-state index contributed by atoms with van der Waals surface area (Å²) in [5, 5.41) is 0. The van der Waals surface area contributed by atoms with E-state index in [1.54, 1.807) is 6.08 Å². The predicted octanol–water partition coefficient (Wildman–Crippen LogP) is 12.5. The van der Waals surface area contributed by atoms with Crippen LogP contribution in [0.4, 0.5) is 0 Å². The molecule has 5 heteroatoms. The standard InChI is InChI=1S/C40H60O4S.C3H6.C2H6/c1-36(2,3)45(9,10)44-35(42)40-22-11-12-31(40)28-17-18-33-38(6,30(28)20-25-40)24-21-32-37(4,5)29(19-23-39(32,33)7)26-13-15-27(16-14-26)34(41)43-8;1-3-2;1-2/h13-16,19,28,30-33H,11-12,17-18,20-25H2,1-10H3;3H,1H2,2H3;1-2H3.